The quantitative estimate of drug-likeness (QED) is 0.892. The summed E-state index contributed by atoms with van der Waals surface area (Å²) < 4.78 is 1.14. The van der Waals surface area contributed by atoms with E-state index < -0.39 is 5.54 Å². The zero-order valence-electron chi connectivity index (χ0n) is 11.7. The number of benzene rings is 1. The molecule has 2 aromatic rings. The van der Waals surface area contributed by atoms with Crippen molar-refractivity contribution in [2.24, 2.45) is 5.73 Å². The van der Waals surface area contributed by atoms with Crippen molar-refractivity contribution in [1.82, 2.24) is 10.3 Å². The van der Waals surface area contributed by atoms with Crippen LogP contribution in [-0.2, 0) is 11.3 Å². The Morgan fingerprint density at radius 1 is 1.45 bits per heavy atom. The van der Waals surface area contributed by atoms with Gasteiger partial charge < -0.3 is 11.1 Å². The molecule has 0 aliphatic rings. The number of carbonyl (C=O) groups excluding carboxylic acids is 1. The van der Waals surface area contributed by atoms with Crippen molar-refractivity contribution in [3.05, 3.63) is 29.3 Å². The third-order valence-electron chi connectivity index (χ3n) is 3.03. The van der Waals surface area contributed by atoms with Gasteiger partial charge in [-0.25, -0.2) is 4.98 Å². The second-order valence-corrected chi connectivity index (χ2v) is 6.04. The molecule has 2 rings (SSSR count). The van der Waals surface area contributed by atoms with Crippen LogP contribution in [0.25, 0.3) is 10.2 Å². The molecule has 0 fully saturated rings. The van der Waals surface area contributed by atoms with Gasteiger partial charge in [0, 0.05) is 0 Å². The molecule has 1 unspecified atom stereocenters. The molecule has 4 nitrogen and oxygen atoms in total. The van der Waals surface area contributed by atoms with Gasteiger partial charge in [0.25, 0.3) is 0 Å². The Hall–Kier alpha value is -1.17. The molecular weight excluding hydrogens is 294 g/mol. The number of aromatic nitrogens is 1. The second-order valence-electron chi connectivity index (χ2n) is 4.93. The van der Waals surface area contributed by atoms with Gasteiger partial charge in [-0.1, -0.05) is 25.5 Å². The van der Waals surface area contributed by atoms with Crippen molar-refractivity contribution >= 4 is 39.9 Å². The highest BCUT2D eigenvalue weighted by Gasteiger charge is 2.26. The topological polar surface area (TPSA) is 68.0 Å². The highest BCUT2D eigenvalue weighted by molar-refractivity contribution is 7.18. The number of rotatable bonds is 5. The minimum Gasteiger partial charge on any atom is -0.348 e. The summed E-state index contributed by atoms with van der Waals surface area (Å²) in [5, 5.41) is 3.77. The molecule has 1 aromatic heterocycles. The molecule has 0 saturated carbocycles. The van der Waals surface area contributed by atoms with Crippen molar-refractivity contribution < 1.29 is 4.79 Å². The second kappa shape index (κ2) is 7.02. The Kier molecular flexibility index (Phi) is 5.92. The molecule has 6 heteroatoms. The summed E-state index contributed by atoms with van der Waals surface area (Å²) >= 11 is 1.60. The van der Waals surface area contributed by atoms with Crippen molar-refractivity contribution in [3.8, 4) is 0 Å². The fourth-order valence-electron chi connectivity index (χ4n) is 1.99. The summed E-state index contributed by atoms with van der Waals surface area (Å²) in [7, 11) is 0. The van der Waals surface area contributed by atoms with Crippen LogP contribution in [0.4, 0.5) is 0 Å². The van der Waals surface area contributed by atoms with E-state index in [0.29, 0.717) is 13.0 Å². The van der Waals surface area contributed by atoms with Crippen molar-refractivity contribution in [3.63, 3.8) is 0 Å². The molecule has 0 aliphatic carbocycles. The van der Waals surface area contributed by atoms with Crippen LogP contribution in [0.2, 0.25) is 0 Å². The van der Waals surface area contributed by atoms with Crippen LogP contribution < -0.4 is 11.1 Å². The number of thiazole rings is 1. The van der Waals surface area contributed by atoms with Gasteiger partial charge in [-0.05, 0) is 25.5 Å². The Bertz CT molecular complexity index is 550. The Morgan fingerprint density at radius 3 is 2.80 bits per heavy atom. The van der Waals surface area contributed by atoms with E-state index in [2.05, 4.69) is 10.3 Å². The molecule has 0 spiro atoms. The van der Waals surface area contributed by atoms with E-state index >= 15 is 0 Å². The van der Waals surface area contributed by atoms with Crippen LogP contribution in [-0.4, -0.2) is 16.4 Å². The molecule has 1 atom stereocenters. The summed E-state index contributed by atoms with van der Waals surface area (Å²) in [6, 6.07) is 7.95. The molecule has 0 radical (unpaired) electrons. The van der Waals surface area contributed by atoms with Gasteiger partial charge in [-0.15, -0.1) is 23.7 Å². The van der Waals surface area contributed by atoms with Crippen LogP contribution in [0, 0.1) is 0 Å². The minimum absolute atomic E-state index is 0. The first kappa shape index (κ1) is 16.9. The maximum atomic E-state index is 12.0. The van der Waals surface area contributed by atoms with Crippen LogP contribution in [0.5, 0.6) is 0 Å². The van der Waals surface area contributed by atoms with Gasteiger partial charge in [0.05, 0.1) is 22.3 Å². The first-order valence-corrected chi connectivity index (χ1v) is 7.26. The number of nitrogens with zero attached hydrogens (tertiary/aromatic N) is 1. The summed E-state index contributed by atoms with van der Waals surface area (Å²) in [6.45, 7) is 4.23. The van der Waals surface area contributed by atoms with Crippen molar-refractivity contribution in [1.29, 1.82) is 0 Å². The number of hydrogen-bond acceptors (Lipinski definition) is 4. The van der Waals surface area contributed by atoms with Crippen LogP contribution in [0.15, 0.2) is 24.3 Å². The molecule has 0 saturated heterocycles. The zero-order valence-corrected chi connectivity index (χ0v) is 13.3. The molecular formula is C14H20ClN3OS. The van der Waals surface area contributed by atoms with E-state index in [1.54, 1.807) is 18.3 Å². The molecule has 20 heavy (non-hydrogen) atoms. The fraction of sp³-hybridized carbons (Fsp3) is 0.429. The number of carbonyl (C=O) groups is 1. The fourth-order valence-corrected chi connectivity index (χ4v) is 2.89. The van der Waals surface area contributed by atoms with Crippen molar-refractivity contribution in [2.45, 2.75) is 38.8 Å². The maximum absolute atomic E-state index is 12.0. The molecule has 1 amide bonds. The van der Waals surface area contributed by atoms with E-state index in [4.69, 9.17) is 5.73 Å². The normalized spacial score (nSPS) is 13.6. The SMILES string of the molecule is CCCC(C)(N)C(=O)NCc1nc2ccccc2s1.Cl. The first-order valence-electron chi connectivity index (χ1n) is 6.44. The van der Waals surface area contributed by atoms with Gasteiger partial charge >= 0.3 is 0 Å². The smallest absolute Gasteiger partial charge is 0.240 e. The third kappa shape index (κ3) is 3.91. The van der Waals surface area contributed by atoms with Crippen LogP contribution in [0.3, 0.4) is 0 Å². The number of amides is 1. The average Bonchev–Trinajstić information content (AvgIpc) is 2.78. The monoisotopic (exact) mass is 313 g/mol. The number of para-hydroxylation sites is 1. The number of halogens is 1. The molecule has 1 aromatic carbocycles. The summed E-state index contributed by atoms with van der Waals surface area (Å²) in [5.41, 5.74) is 6.15. The largest absolute Gasteiger partial charge is 0.348 e. The van der Waals surface area contributed by atoms with Crippen LogP contribution >= 0.6 is 23.7 Å². The predicted octanol–water partition coefficient (Wildman–Crippen LogP) is 2.85. The van der Waals surface area contributed by atoms with E-state index in [9.17, 15) is 4.79 Å². The number of fused-ring (bicyclic) bond motifs is 1. The van der Waals surface area contributed by atoms with Gasteiger partial charge in [-0.2, -0.15) is 0 Å². The average molecular weight is 314 g/mol. The molecule has 3 N–H and O–H groups in total. The Labute approximate surface area is 129 Å². The predicted molar refractivity (Wildman–Crippen MR) is 86.2 cm³/mol. The van der Waals surface area contributed by atoms with E-state index in [1.807, 2.05) is 31.2 Å². The van der Waals surface area contributed by atoms with Gasteiger partial charge in [0.1, 0.15) is 5.01 Å². The van der Waals surface area contributed by atoms with E-state index in [1.165, 1.54) is 0 Å². The number of nitrogens with two attached hydrogens (primary N) is 1. The Morgan fingerprint density at radius 2 is 2.15 bits per heavy atom. The lowest BCUT2D eigenvalue weighted by molar-refractivity contribution is -0.126. The first-order chi connectivity index (χ1) is 9.03. The molecule has 1 heterocycles. The van der Waals surface area contributed by atoms with Gasteiger partial charge in [0.15, 0.2) is 0 Å². The highest BCUT2D eigenvalue weighted by Crippen LogP contribution is 2.21. The lowest BCUT2D eigenvalue weighted by Gasteiger charge is -2.22. The zero-order chi connectivity index (χ0) is 13.9. The highest BCUT2D eigenvalue weighted by atomic mass is 35.5. The molecule has 110 valence electrons. The van der Waals surface area contributed by atoms with Gasteiger partial charge in [-0.3, -0.25) is 4.79 Å². The summed E-state index contributed by atoms with van der Waals surface area (Å²) in [5.74, 6) is -0.117. The van der Waals surface area contributed by atoms with E-state index in [-0.39, 0.29) is 18.3 Å². The standard InChI is InChI=1S/C14H19N3OS.ClH/c1-3-8-14(2,15)13(18)16-9-12-17-10-6-4-5-7-11(10)19-12;/h4-7H,3,8-9,15H2,1-2H3,(H,16,18);1H. The number of hydrogen-bond donors (Lipinski definition) is 2. The van der Waals surface area contributed by atoms with Crippen molar-refractivity contribution in [2.75, 3.05) is 0 Å². The van der Waals surface area contributed by atoms with E-state index in [0.717, 1.165) is 21.6 Å². The number of nitrogens with one attached hydrogen (secondary N) is 1. The van der Waals surface area contributed by atoms with Crippen LogP contribution in [0.1, 0.15) is 31.7 Å². The lowest BCUT2D eigenvalue weighted by atomic mass is 9.97. The molecule has 0 aliphatic heterocycles. The maximum Gasteiger partial charge on any atom is 0.240 e. The molecule has 0 bridgehead atoms. The lowest BCUT2D eigenvalue weighted by Crippen LogP contribution is -2.51. The third-order valence-corrected chi connectivity index (χ3v) is 4.06. The Balaban J connectivity index is 0.00000200. The summed E-state index contributed by atoms with van der Waals surface area (Å²) in [6.07, 6.45) is 1.57. The summed E-state index contributed by atoms with van der Waals surface area (Å²) in [4.78, 5) is 16.5. The minimum atomic E-state index is -0.800. The van der Waals surface area contributed by atoms with Gasteiger partial charge in [0.2, 0.25) is 5.91 Å².